The predicted octanol–water partition coefficient (Wildman–Crippen LogP) is 5.59. The standard InChI is InChI=1S/C27H21ClN2O6S/c1-15(2)36-27(35)17-5-11-20(12-6-17)30-24(31)22(29-19-9-3-16(4-10-19)26(33)34)23(25(30)32)37-21-13-7-18(28)8-14-21/h3-15,29H,1-2H3,(H,33,34). The second-order valence-electron chi connectivity index (χ2n) is 8.21. The highest BCUT2D eigenvalue weighted by molar-refractivity contribution is 8.04. The molecule has 10 heteroatoms. The molecule has 1 aliphatic heterocycles. The summed E-state index contributed by atoms with van der Waals surface area (Å²) in [5.41, 5.74) is 1.13. The number of hydrogen-bond donors (Lipinski definition) is 2. The van der Waals surface area contributed by atoms with E-state index in [4.69, 9.17) is 21.4 Å². The van der Waals surface area contributed by atoms with Gasteiger partial charge >= 0.3 is 11.9 Å². The molecular weight excluding hydrogens is 516 g/mol. The third kappa shape index (κ3) is 5.84. The molecule has 0 spiro atoms. The van der Waals surface area contributed by atoms with Gasteiger partial charge in [-0.2, -0.15) is 0 Å². The number of carboxylic acid groups (broad SMARTS) is 1. The first kappa shape index (κ1) is 26.0. The van der Waals surface area contributed by atoms with Gasteiger partial charge in [0.15, 0.2) is 0 Å². The third-order valence-corrected chi connectivity index (χ3v) is 6.52. The minimum absolute atomic E-state index is 0.0383. The van der Waals surface area contributed by atoms with Gasteiger partial charge in [0.2, 0.25) is 0 Å². The van der Waals surface area contributed by atoms with Crippen molar-refractivity contribution < 1.29 is 29.0 Å². The maximum atomic E-state index is 13.5. The van der Waals surface area contributed by atoms with Gasteiger partial charge in [-0.1, -0.05) is 23.4 Å². The van der Waals surface area contributed by atoms with Crippen molar-refractivity contribution in [2.24, 2.45) is 0 Å². The molecule has 1 aliphatic rings. The molecule has 0 unspecified atom stereocenters. The molecular formula is C27H21ClN2O6S. The van der Waals surface area contributed by atoms with E-state index < -0.39 is 23.8 Å². The number of carbonyl (C=O) groups excluding carboxylic acids is 3. The van der Waals surface area contributed by atoms with Gasteiger partial charge in [-0.25, -0.2) is 14.5 Å². The molecule has 0 atom stereocenters. The predicted molar refractivity (Wildman–Crippen MR) is 141 cm³/mol. The quantitative estimate of drug-likeness (QED) is 0.283. The number of thioether (sulfide) groups is 1. The maximum absolute atomic E-state index is 13.5. The van der Waals surface area contributed by atoms with Crippen molar-refractivity contribution in [3.8, 4) is 0 Å². The van der Waals surface area contributed by atoms with E-state index in [1.165, 1.54) is 48.5 Å². The molecule has 4 rings (SSSR count). The number of imide groups is 1. The summed E-state index contributed by atoms with van der Waals surface area (Å²) in [6.07, 6.45) is -0.288. The summed E-state index contributed by atoms with van der Waals surface area (Å²) in [5.74, 6) is -2.73. The zero-order chi connectivity index (χ0) is 26.7. The van der Waals surface area contributed by atoms with Gasteiger partial charge in [0.1, 0.15) is 10.6 Å². The van der Waals surface area contributed by atoms with Crippen LogP contribution in [-0.2, 0) is 14.3 Å². The Morgan fingerprint density at radius 1 is 0.892 bits per heavy atom. The molecule has 2 amide bonds. The van der Waals surface area contributed by atoms with Crippen molar-refractivity contribution >= 4 is 58.5 Å². The van der Waals surface area contributed by atoms with Gasteiger partial charge in [0.25, 0.3) is 11.8 Å². The Bertz CT molecular complexity index is 1400. The van der Waals surface area contributed by atoms with Crippen LogP contribution in [0, 0.1) is 0 Å². The first-order chi connectivity index (χ1) is 17.6. The number of ether oxygens (including phenoxy) is 1. The number of carboxylic acids is 1. The van der Waals surface area contributed by atoms with Crippen LogP contribution in [0.1, 0.15) is 34.6 Å². The van der Waals surface area contributed by atoms with Crippen molar-refractivity contribution in [3.05, 3.63) is 99.5 Å². The van der Waals surface area contributed by atoms with Crippen LogP contribution < -0.4 is 10.2 Å². The van der Waals surface area contributed by atoms with E-state index in [9.17, 15) is 19.2 Å². The molecule has 2 N–H and O–H groups in total. The number of halogens is 1. The van der Waals surface area contributed by atoms with Crippen molar-refractivity contribution in [1.82, 2.24) is 0 Å². The fraction of sp³-hybridized carbons (Fsp3) is 0.111. The van der Waals surface area contributed by atoms with Crippen molar-refractivity contribution in [2.75, 3.05) is 10.2 Å². The van der Waals surface area contributed by atoms with E-state index in [1.807, 2.05) is 0 Å². The van der Waals surface area contributed by atoms with Gasteiger partial charge in [0.05, 0.1) is 22.9 Å². The molecule has 0 aromatic heterocycles. The summed E-state index contributed by atoms with van der Waals surface area (Å²) in [4.78, 5) is 52.2. The highest BCUT2D eigenvalue weighted by atomic mass is 35.5. The molecule has 0 fully saturated rings. The van der Waals surface area contributed by atoms with E-state index in [0.29, 0.717) is 15.6 Å². The number of aromatic carboxylic acids is 1. The lowest BCUT2D eigenvalue weighted by atomic mass is 10.2. The largest absolute Gasteiger partial charge is 0.478 e. The topological polar surface area (TPSA) is 113 Å². The number of carbonyl (C=O) groups is 4. The number of hydrogen-bond acceptors (Lipinski definition) is 7. The molecule has 0 saturated heterocycles. The molecule has 0 aliphatic carbocycles. The first-order valence-electron chi connectivity index (χ1n) is 11.1. The van der Waals surface area contributed by atoms with Gasteiger partial charge < -0.3 is 15.2 Å². The van der Waals surface area contributed by atoms with Crippen molar-refractivity contribution in [3.63, 3.8) is 0 Å². The highest BCUT2D eigenvalue weighted by Gasteiger charge is 2.40. The first-order valence-corrected chi connectivity index (χ1v) is 12.3. The van der Waals surface area contributed by atoms with E-state index in [-0.39, 0.29) is 33.5 Å². The van der Waals surface area contributed by atoms with Gasteiger partial charge in [-0.15, -0.1) is 0 Å². The van der Waals surface area contributed by atoms with Crippen LogP contribution in [0.3, 0.4) is 0 Å². The van der Waals surface area contributed by atoms with Crippen LogP contribution in [0.25, 0.3) is 0 Å². The molecule has 188 valence electrons. The second kappa shape index (κ2) is 10.9. The molecule has 0 saturated carbocycles. The van der Waals surface area contributed by atoms with Gasteiger partial charge in [0, 0.05) is 15.6 Å². The van der Waals surface area contributed by atoms with E-state index >= 15 is 0 Å². The molecule has 0 radical (unpaired) electrons. The van der Waals surface area contributed by atoms with E-state index in [2.05, 4.69) is 5.32 Å². The lowest BCUT2D eigenvalue weighted by molar-refractivity contribution is -0.120. The lowest BCUT2D eigenvalue weighted by Gasteiger charge is -2.16. The minimum atomic E-state index is -1.08. The summed E-state index contributed by atoms with van der Waals surface area (Å²) in [6.45, 7) is 3.48. The van der Waals surface area contributed by atoms with Gasteiger partial charge in [-0.3, -0.25) is 9.59 Å². The average molecular weight is 537 g/mol. The van der Waals surface area contributed by atoms with E-state index in [1.54, 1.807) is 38.1 Å². The number of benzene rings is 3. The SMILES string of the molecule is CC(C)OC(=O)c1ccc(N2C(=O)C(Nc3ccc(C(=O)O)cc3)=C(Sc3ccc(Cl)cc3)C2=O)cc1. The second-order valence-corrected chi connectivity index (χ2v) is 9.73. The Morgan fingerprint density at radius 2 is 1.49 bits per heavy atom. The number of nitrogens with one attached hydrogen (secondary N) is 1. The summed E-state index contributed by atoms with van der Waals surface area (Å²) < 4.78 is 5.19. The monoisotopic (exact) mass is 536 g/mol. The average Bonchev–Trinajstić information content (AvgIpc) is 3.09. The highest BCUT2D eigenvalue weighted by Crippen LogP contribution is 2.38. The summed E-state index contributed by atoms with van der Waals surface area (Å²) in [7, 11) is 0. The number of nitrogens with zero attached hydrogens (tertiary/aromatic N) is 1. The van der Waals surface area contributed by atoms with Crippen LogP contribution in [0.5, 0.6) is 0 Å². The van der Waals surface area contributed by atoms with Crippen molar-refractivity contribution in [2.45, 2.75) is 24.8 Å². The molecule has 3 aromatic carbocycles. The Hall–Kier alpha value is -4.08. The van der Waals surface area contributed by atoms with Crippen LogP contribution in [0.2, 0.25) is 5.02 Å². The maximum Gasteiger partial charge on any atom is 0.338 e. The zero-order valence-electron chi connectivity index (χ0n) is 19.7. The van der Waals surface area contributed by atoms with Crippen LogP contribution in [0.15, 0.2) is 88.3 Å². The molecule has 3 aromatic rings. The normalized spacial score (nSPS) is 13.4. The van der Waals surface area contributed by atoms with E-state index in [0.717, 1.165) is 16.7 Å². The Kier molecular flexibility index (Phi) is 7.66. The number of amides is 2. The summed E-state index contributed by atoms with van der Waals surface area (Å²) in [6, 6.07) is 18.6. The fourth-order valence-corrected chi connectivity index (χ4v) is 4.49. The molecule has 8 nitrogen and oxygen atoms in total. The fourth-order valence-electron chi connectivity index (χ4n) is 3.44. The Balaban J connectivity index is 1.66. The number of anilines is 2. The molecule has 1 heterocycles. The van der Waals surface area contributed by atoms with Crippen LogP contribution in [-0.4, -0.2) is 35.0 Å². The minimum Gasteiger partial charge on any atom is -0.478 e. The number of esters is 1. The third-order valence-electron chi connectivity index (χ3n) is 5.18. The van der Waals surface area contributed by atoms with Crippen LogP contribution >= 0.6 is 23.4 Å². The summed E-state index contributed by atoms with van der Waals surface area (Å²) in [5, 5.41) is 12.6. The Morgan fingerprint density at radius 3 is 2.05 bits per heavy atom. The molecule has 37 heavy (non-hydrogen) atoms. The number of rotatable bonds is 8. The lowest BCUT2D eigenvalue weighted by Crippen LogP contribution is -2.32. The van der Waals surface area contributed by atoms with Gasteiger partial charge in [-0.05, 0) is 86.6 Å². The smallest absolute Gasteiger partial charge is 0.338 e. The summed E-state index contributed by atoms with van der Waals surface area (Å²) >= 11 is 7.08. The van der Waals surface area contributed by atoms with Crippen LogP contribution in [0.4, 0.5) is 11.4 Å². The van der Waals surface area contributed by atoms with Crippen molar-refractivity contribution in [1.29, 1.82) is 0 Å². The zero-order valence-corrected chi connectivity index (χ0v) is 21.3. The Labute approximate surface area is 221 Å². The molecule has 0 bridgehead atoms.